The molecule has 2 aliphatic rings. The Kier molecular flexibility index (Phi) is 8.34. The summed E-state index contributed by atoms with van der Waals surface area (Å²) in [5, 5.41) is 6.12. The molecule has 2 heterocycles. The first-order chi connectivity index (χ1) is 13.3. The van der Waals surface area contributed by atoms with Crippen molar-refractivity contribution in [3.8, 4) is 0 Å². The van der Waals surface area contributed by atoms with Gasteiger partial charge in [0, 0.05) is 25.9 Å². The zero-order chi connectivity index (χ0) is 20.1. The molecule has 0 aliphatic carbocycles. The predicted molar refractivity (Wildman–Crippen MR) is 106 cm³/mol. The van der Waals surface area contributed by atoms with Crippen LogP contribution in [0.3, 0.4) is 0 Å². The van der Waals surface area contributed by atoms with Gasteiger partial charge in [0.1, 0.15) is 0 Å². The van der Waals surface area contributed by atoms with Crippen molar-refractivity contribution < 1.29 is 22.8 Å². The van der Waals surface area contributed by atoms with Crippen LogP contribution in [0.2, 0.25) is 0 Å². The Hall–Kier alpha value is -1.80. The normalized spacial score (nSPS) is 20.4. The predicted octanol–water partition coefficient (Wildman–Crippen LogP) is 3.30. The number of alkyl halides is 3. The third-order valence-corrected chi connectivity index (χ3v) is 5.47. The number of nitrogens with zero attached hydrogens (tertiary/aromatic N) is 1. The molecule has 2 aliphatic heterocycles. The molecule has 0 saturated carbocycles. The highest BCUT2D eigenvalue weighted by atomic mass is 35.5. The van der Waals surface area contributed by atoms with E-state index in [4.69, 9.17) is 0 Å². The number of hydrogen-bond donors (Lipinski definition) is 2. The van der Waals surface area contributed by atoms with Gasteiger partial charge in [-0.3, -0.25) is 9.59 Å². The van der Waals surface area contributed by atoms with Gasteiger partial charge in [0.25, 0.3) is 0 Å². The number of likely N-dealkylation sites (tertiary alicyclic amines) is 1. The van der Waals surface area contributed by atoms with E-state index in [1.54, 1.807) is 11.0 Å². The quantitative estimate of drug-likeness (QED) is 0.693. The maximum Gasteiger partial charge on any atom is 0.416 e. The summed E-state index contributed by atoms with van der Waals surface area (Å²) in [6.45, 7) is 2.61. The lowest BCUT2D eigenvalue weighted by Gasteiger charge is -2.26. The molecule has 29 heavy (non-hydrogen) atoms. The molecule has 2 fully saturated rings. The van der Waals surface area contributed by atoms with Crippen molar-refractivity contribution in [3.05, 3.63) is 35.4 Å². The van der Waals surface area contributed by atoms with Crippen molar-refractivity contribution in [2.45, 2.75) is 44.3 Å². The monoisotopic (exact) mass is 433 g/mol. The molecule has 2 saturated heterocycles. The van der Waals surface area contributed by atoms with Gasteiger partial charge in [-0.25, -0.2) is 0 Å². The average molecular weight is 434 g/mol. The van der Waals surface area contributed by atoms with Crippen molar-refractivity contribution in [1.29, 1.82) is 0 Å². The van der Waals surface area contributed by atoms with E-state index in [2.05, 4.69) is 10.6 Å². The summed E-state index contributed by atoms with van der Waals surface area (Å²) in [6.07, 6.45) is -1.17. The summed E-state index contributed by atoms with van der Waals surface area (Å²) in [5.74, 6) is 0.238. The first-order valence-electron chi connectivity index (χ1n) is 9.78. The van der Waals surface area contributed by atoms with E-state index < -0.39 is 17.8 Å². The number of benzene rings is 1. The Morgan fingerprint density at radius 2 is 2.14 bits per heavy atom. The van der Waals surface area contributed by atoms with Gasteiger partial charge in [-0.2, -0.15) is 13.2 Å². The summed E-state index contributed by atoms with van der Waals surface area (Å²) in [4.78, 5) is 26.1. The van der Waals surface area contributed by atoms with E-state index in [0.717, 1.165) is 44.5 Å². The Bertz CT molecular complexity index is 708. The molecular weight excluding hydrogens is 407 g/mol. The number of carbonyl (C=O) groups excluding carboxylic acids is 2. The van der Waals surface area contributed by atoms with Crippen LogP contribution in [0, 0.1) is 5.92 Å². The number of halogens is 4. The largest absolute Gasteiger partial charge is 0.416 e. The van der Waals surface area contributed by atoms with E-state index >= 15 is 0 Å². The van der Waals surface area contributed by atoms with Gasteiger partial charge in [-0.05, 0) is 56.0 Å². The fourth-order valence-corrected chi connectivity index (χ4v) is 3.85. The maximum atomic E-state index is 13.1. The lowest BCUT2D eigenvalue weighted by Crippen LogP contribution is -2.38. The van der Waals surface area contributed by atoms with Gasteiger partial charge in [0.05, 0.1) is 11.6 Å². The summed E-state index contributed by atoms with van der Waals surface area (Å²) in [5.41, 5.74) is -0.389. The molecule has 0 bridgehead atoms. The van der Waals surface area contributed by atoms with Gasteiger partial charge in [0.15, 0.2) is 0 Å². The summed E-state index contributed by atoms with van der Waals surface area (Å²) >= 11 is 0. The van der Waals surface area contributed by atoms with Crippen LogP contribution in [-0.4, -0.2) is 42.9 Å². The fraction of sp³-hybridized carbons (Fsp3) is 0.600. The number of nitrogens with one attached hydrogen (secondary N) is 2. The van der Waals surface area contributed by atoms with Gasteiger partial charge >= 0.3 is 6.18 Å². The first-order valence-corrected chi connectivity index (χ1v) is 9.78. The highest BCUT2D eigenvalue weighted by Crippen LogP contribution is 2.31. The minimum atomic E-state index is -4.45. The summed E-state index contributed by atoms with van der Waals surface area (Å²) < 4.78 is 39.3. The van der Waals surface area contributed by atoms with Crippen LogP contribution in [0.4, 0.5) is 13.2 Å². The molecular formula is C20H27ClF3N3O2. The van der Waals surface area contributed by atoms with Crippen LogP contribution in [-0.2, 0) is 15.8 Å². The highest BCUT2D eigenvalue weighted by molar-refractivity contribution is 5.85. The minimum absolute atomic E-state index is 0. The third-order valence-electron chi connectivity index (χ3n) is 5.47. The fourth-order valence-electron chi connectivity index (χ4n) is 3.85. The molecule has 1 aromatic rings. The molecule has 162 valence electrons. The average Bonchev–Trinajstić information content (AvgIpc) is 3.31. The highest BCUT2D eigenvalue weighted by Gasteiger charge is 2.32. The SMILES string of the molecule is Cl.O=C(CCC1CCNC1)NC(CN1CCCC1=O)c1cccc(C(F)(F)F)c1. The Balaban J connectivity index is 0.00000300. The molecule has 0 aromatic heterocycles. The van der Waals surface area contributed by atoms with Crippen LogP contribution in [0.5, 0.6) is 0 Å². The topological polar surface area (TPSA) is 61.4 Å². The second-order valence-electron chi connectivity index (χ2n) is 7.58. The van der Waals surface area contributed by atoms with E-state index in [0.29, 0.717) is 30.9 Å². The van der Waals surface area contributed by atoms with Crippen molar-refractivity contribution in [1.82, 2.24) is 15.5 Å². The Morgan fingerprint density at radius 1 is 1.34 bits per heavy atom. The van der Waals surface area contributed by atoms with Gasteiger partial charge < -0.3 is 15.5 Å². The van der Waals surface area contributed by atoms with E-state index in [-0.39, 0.29) is 30.8 Å². The van der Waals surface area contributed by atoms with Crippen LogP contribution in [0.15, 0.2) is 24.3 Å². The van der Waals surface area contributed by atoms with Crippen LogP contribution < -0.4 is 10.6 Å². The van der Waals surface area contributed by atoms with Crippen molar-refractivity contribution in [2.75, 3.05) is 26.2 Å². The van der Waals surface area contributed by atoms with Crippen molar-refractivity contribution in [2.24, 2.45) is 5.92 Å². The standard InChI is InChI=1S/C20H26F3N3O2.ClH/c21-20(22,23)16-4-1-3-15(11-16)17(13-26-10-2-5-19(26)28)25-18(27)7-6-14-8-9-24-12-14;/h1,3-4,11,14,17,24H,2,5-10,12-13H2,(H,25,27);1H. The zero-order valence-corrected chi connectivity index (χ0v) is 17.0. The van der Waals surface area contributed by atoms with Gasteiger partial charge in [-0.1, -0.05) is 12.1 Å². The number of amides is 2. The van der Waals surface area contributed by atoms with E-state index in [1.807, 2.05) is 0 Å². The Labute approximate surface area is 174 Å². The maximum absolute atomic E-state index is 13.1. The summed E-state index contributed by atoms with van der Waals surface area (Å²) in [7, 11) is 0. The third kappa shape index (κ3) is 6.60. The summed E-state index contributed by atoms with van der Waals surface area (Å²) in [6, 6.07) is 4.33. The first kappa shape index (κ1) is 23.5. The minimum Gasteiger partial charge on any atom is -0.348 e. The number of carbonyl (C=O) groups is 2. The molecule has 2 N–H and O–H groups in total. The second-order valence-corrected chi connectivity index (χ2v) is 7.58. The molecule has 0 spiro atoms. The van der Waals surface area contributed by atoms with Crippen molar-refractivity contribution in [3.63, 3.8) is 0 Å². The molecule has 0 radical (unpaired) electrons. The lowest BCUT2D eigenvalue weighted by molar-refractivity contribution is -0.137. The molecule has 3 rings (SSSR count). The number of hydrogen-bond acceptors (Lipinski definition) is 3. The van der Waals surface area contributed by atoms with Crippen LogP contribution in [0.25, 0.3) is 0 Å². The second kappa shape index (κ2) is 10.3. The molecule has 1 aromatic carbocycles. The molecule has 2 amide bonds. The molecule has 9 heteroatoms. The van der Waals surface area contributed by atoms with E-state index in [1.165, 1.54) is 6.07 Å². The molecule has 2 atom stereocenters. The Morgan fingerprint density at radius 3 is 2.76 bits per heavy atom. The van der Waals surface area contributed by atoms with Crippen LogP contribution >= 0.6 is 12.4 Å². The smallest absolute Gasteiger partial charge is 0.348 e. The lowest BCUT2D eigenvalue weighted by atomic mass is 10.0. The molecule has 5 nitrogen and oxygen atoms in total. The van der Waals surface area contributed by atoms with Gasteiger partial charge in [-0.15, -0.1) is 12.4 Å². The number of rotatable bonds is 7. The van der Waals surface area contributed by atoms with Crippen LogP contribution in [0.1, 0.15) is 49.3 Å². The van der Waals surface area contributed by atoms with Gasteiger partial charge in [0.2, 0.25) is 11.8 Å². The zero-order valence-electron chi connectivity index (χ0n) is 16.1. The van der Waals surface area contributed by atoms with Crippen molar-refractivity contribution >= 4 is 24.2 Å². The van der Waals surface area contributed by atoms with E-state index in [9.17, 15) is 22.8 Å². The molecule has 2 unspecified atom stereocenters.